The van der Waals surface area contributed by atoms with E-state index in [-0.39, 0.29) is 6.03 Å². The molecule has 3 rings (SSSR count). The lowest BCUT2D eigenvalue weighted by molar-refractivity contribution is 0.201. The van der Waals surface area contributed by atoms with Crippen molar-refractivity contribution in [3.05, 3.63) is 57.2 Å². The summed E-state index contributed by atoms with van der Waals surface area (Å²) in [5.74, 6) is 0.933. The zero-order valence-corrected chi connectivity index (χ0v) is 15.1. The van der Waals surface area contributed by atoms with E-state index in [1.807, 2.05) is 52.4 Å². The summed E-state index contributed by atoms with van der Waals surface area (Å²) in [5, 5.41) is 6.22. The molecule has 23 heavy (non-hydrogen) atoms. The maximum Gasteiger partial charge on any atom is 0.317 e. The molecular weight excluding hydrogens is 348 g/mol. The van der Waals surface area contributed by atoms with Gasteiger partial charge in [0.25, 0.3) is 0 Å². The van der Waals surface area contributed by atoms with Crippen molar-refractivity contribution in [1.82, 2.24) is 10.2 Å². The molecule has 2 aromatic rings. The summed E-state index contributed by atoms with van der Waals surface area (Å²) in [6.45, 7) is 2.15. The van der Waals surface area contributed by atoms with Gasteiger partial charge in [-0.15, -0.1) is 11.3 Å². The first-order valence-corrected chi connectivity index (χ1v) is 9.96. The fourth-order valence-electron chi connectivity index (χ4n) is 2.65. The molecular formula is C17H19ClN2OS2. The lowest BCUT2D eigenvalue weighted by Crippen LogP contribution is -2.40. The molecule has 0 unspecified atom stereocenters. The van der Waals surface area contributed by atoms with Crippen LogP contribution in [0.4, 0.5) is 4.79 Å². The second kappa shape index (κ2) is 8.08. The van der Waals surface area contributed by atoms with Gasteiger partial charge in [-0.2, -0.15) is 11.8 Å². The van der Waals surface area contributed by atoms with Crippen LogP contribution in [-0.4, -0.2) is 29.8 Å². The molecule has 0 saturated carbocycles. The maximum absolute atomic E-state index is 12.3. The first kappa shape index (κ1) is 16.7. The van der Waals surface area contributed by atoms with Crippen molar-refractivity contribution in [3.63, 3.8) is 0 Å². The van der Waals surface area contributed by atoms with Crippen LogP contribution in [0.5, 0.6) is 0 Å². The van der Waals surface area contributed by atoms with Gasteiger partial charge in [-0.3, -0.25) is 0 Å². The highest BCUT2D eigenvalue weighted by atomic mass is 35.5. The van der Waals surface area contributed by atoms with Gasteiger partial charge < -0.3 is 10.2 Å². The number of hydrogen-bond acceptors (Lipinski definition) is 3. The third-order valence-electron chi connectivity index (χ3n) is 3.87. The van der Waals surface area contributed by atoms with Crippen LogP contribution in [0.2, 0.25) is 5.02 Å². The Hall–Kier alpha value is -1.17. The van der Waals surface area contributed by atoms with E-state index in [9.17, 15) is 4.79 Å². The number of nitrogens with zero attached hydrogens (tertiary/aromatic N) is 1. The smallest absolute Gasteiger partial charge is 0.317 e. The van der Waals surface area contributed by atoms with Crippen molar-refractivity contribution in [1.29, 1.82) is 0 Å². The van der Waals surface area contributed by atoms with E-state index in [1.165, 1.54) is 10.4 Å². The molecule has 3 nitrogen and oxygen atoms in total. The Morgan fingerprint density at radius 2 is 2.13 bits per heavy atom. The van der Waals surface area contributed by atoms with Crippen LogP contribution in [-0.2, 0) is 6.54 Å². The van der Waals surface area contributed by atoms with E-state index >= 15 is 0 Å². The molecule has 1 fully saturated rings. The molecule has 1 atom stereocenters. The van der Waals surface area contributed by atoms with Crippen LogP contribution in [0, 0.1) is 0 Å². The van der Waals surface area contributed by atoms with Gasteiger partial charge in [0.05, 0.1) is 6.54 Å². The van der Waals surface area contributed by atoms with Crippen molar-refractivity contribution in [2.75, 3.05) is 18.8 Å². The SMILES string of the molecule is O=C(NCc1cccs1)N1CCS[C@H](c2ccccc2Cl)CC1. The first-order valence-electron chi connectivity index (χ1n) is 7.65. The quantitative estimate of drug-likeness (QED) is 0.846. The van der Waals surface area contributed by atoms with Gasteiger partial charge in [0.1, 0.15) is 0 Å². The van der Waals surface area contributed by atoms with Gasteiger partial charge >= 0.3 is 6.03 Å². The number of nitrogens with one attached hydrogen (secondary N) is 1. The molecule has 1 N–H and O–H groups in total. The zero-order chi connectivity index (χ0) is 16.1. The minimum absolute atomic E-state index is 0.0267. The van der Waals surface area contributed by atoms with Crippen LogP contribution < -0.4 is 5.32 Å². The fourth-order valence-corrected chi connectivity index (χ4v) is 4.89. The predicted octanol–water partition coefficient (Wildman–Crippen LogP) is 4.79. The number of thioether (sulfide) groups is 1. The molecule has 6 heteroatoms. The maximum atomic E-state index is 12.3. The number of benzene rings is 1. The molecule has 1 saturated heterocycles. The lowest BCUT2D eigenvalue weighted by atomic mass is 10.1. The van der Waals surface area contributed by atoms with E-state index in [0.29, 0.717) is 11.8 Å². The van der Waals surface area contributed by atoms with Crippen molar-refractivity contribution in [2.45, 2.75) is 18.2 Å². The number of rotatable bonds is 3. The van der Waals surface area contributed by atoms with Crippen LogP contribution in [0.3, 0.4) is 0 Å². The molecule has 1 aromatic carbocycles. The third kappa shape index (κ3) is 4.43. The Morgan fingerprint density at radius 1 is 1.26 bits per heavy atom. The number of urea groups is 1. The van der Waals surface area contributed by atoms with E-state index in [1.54, 1.807) is 11.3 Å². The average molecular weight is 367 g/mol. The predicted molar refractivity (Wildman–Crippen MR) is 99.4 cm³/mol. The van der Waals surface area contributed by atoms with Gasteiger partial charge in [-0.25, -0.2) is 4.79 Å². The summed E-state index contributed by atoms with van der Waals surface area (Å²) in [6, 6.07) is 12.1. The molecule has 0 aliphatic carbocycles. The summed E-state index contributed by atoms with van der Waals surface area (Å²) in [7, 11) is 0. The monoisotopic (exact) mass is 366 g/mol. The number of carbonyl (C=O) groups excluding carboxylic acids is 1. The van der Waals surface area contributed by atoms with E-state index in [2.05, 4.69) is 11.4 Å². The number of amides is 2. The van der Waals surface area contributed by atoms with Crippen LogP contribution in [0.25, 0.3) is 0 Å². The Kier molecular flexibility index (Phi) is 5.86. The average Bonchev–Trinajstić information content (AvgIpc) is 2.96. The summed E-state index contributed by atoms with van der Waals surface area (Å²) in [4.78, 5) is 15.4. The van der Waals surface area contributed by atoms with Crippen molar-refractivity contribution in [2.24, 2.45) is 0 Å². The Labute approximate surface area is 150 Å². The van der Waals surface area contributed by atoms with E-state index in [4.69, 9.17) is 11.6 Å². The highest BCUT2D eigenvalue weighted by Crippen LogP contribution is 2.37. The highest BCUT2D eigenvalue weighted by Gasteiger charge is 2.23. The van der Waals surface area contributed by atoms with Gasteiger partial charge in [-0.1, -0.05) is 35.9 Å². The van der Waals surface area contributed by atoms with Crippen molar-refractivity contribution >= 4 is 40.7 Å². The molecule has 1 aliphatic rings. The van der Waals surface area contributed by atoms with Crippen LogP contribution >= 0.6 is 34.7 Å². The number of thiophene rings is 1. The molecule has 2 heterocycles. The Bertz CT molecular complexity index is 648. The summed E-state index contributed by atoms with van der Waals surface area (Å²) in [6.07, 6.45) is 0.931. The van der Waals surface area contributed by atoms with Gasteiger partial charge in [-0.05, 0) is 29.5 Å². The molecule has 122 valence electrons. The summed E-state index contributed by atoms with van der Waals surface area (Å²) >= 11 is 9.86. The minimum atomic E-state index is 0.0267. The number of halogens is 1. The van der Waals surface area contributed by atoms with E-state index in [0.717, 1.165) is 30.3 Å². The minimum Gasteiger partial charge on any atom is -0.333 e. The highest BCUT2D eigenvalue weighted by molar-refractivity contribution is 7.99. The normalized spacial score (nSPS) is 18.5. The lowest BCUT2D eigenvalue weighted by Gasteiger charge is -2.21. The van der Waals surface area contributed by atoms with Crippen LogP contribution in [0.15, 0.2) is 41.8 Å². The Balaban J connectivity index is 1.55. The van der Waals surface area contributed by atoms with Gasteiger partial charge in [0.15, 0.2) is 0 Å². The number of hydrogen-bond donors (Lipinski definition) is 1. The van der Waals surface area contributed by atoms with E-state index < -0.39 is 0 Å². The first-order chi connectivity index (χ1) is 11.2. The summed E-state index contributed by atoms with van der Waals surface area (Å²) < 4.78 is 0. The number of carbonyl (C=O) groups is 1. The topological polar surface area (TPSA) is 32.3 Å². The molecule has 1 aromatic heterocycles. The van der Waals surface area contributed by atoms with Gasteiger partial charge in [0.2, 0.25) is 0 Å². The molecule has 0 radical (unpaired) electrons. The largest absolute Gasteiger partial charge is 0.333 e. The van der Waals surface area contributed by atoms with Gasteiger partial charge in [0, 0.05) is 34.0 Å². The zero-order valence-electron chi connectivity index (χ0n) is 12.7. The van der Waals surface area contributed by atoms with Crippen molar-refractivity contribution < 1.29 is 4.79 Å². The summed E-state index contributed by atoms with van der Waals surface area (Å²) in [5.41, 5.74) is 1.18. The third-order valence-corrected chi connectivity index (χ3v) is 6.41. The molecule has 0 bridgehead atoms. The standard InChI is InChI=1S/C17H19ClN2OS2/c18-15-6-2-1-5-14(15)16-7-8-20(9-11-23-16)17(21)19-12-13-4-3-10-22-13/h1-6,10,16H,7-9,11-12H2,(H,19,21)/t16-/m0/s1. The molecule has 1 aliphatic heterocycles. The van der Waals surface area contributed by atoms with Crippen molar-refractivity contribution in [3.8, 4) is 0 Å². The molecule has 2 amide bonds. The molecule has 0 spiro atoms. The second-order valence-electron chi connectivity index (χ2n) is 5.39. The van der Waals surface area contributed by atoms with Crippen LogP contribution in [0.1, 0.15) is 22.1 Å². The second-order valence-corrected chi connectivity index (χ2v) is 8.14. The fraction of sp³-hybridized carbons (Fsp3) is 0.353. The Morgan fingerprint density at radius 3 is 2.91 bits per heavy atom.